The average Bonchev–Trinajstić information content (AvgIpc) is 3.25. The molecule has 0 radical (unpaired) electrons. The number of guanidine groups is 1. The van der Waals surface area contributed by atoms with E-state index in [1.54, 1.807) is 17.1 Å². The summed E-state index contributed by atoms with van der Waals surface area (Å²) < 4.78 is 40.5. The number of hydrogen-bond acceptors (Lipinski definition) is 4. The third kappa shape index (κ3) is 6.30. The summed E-state index contributed by atoms with van der Waals surface area (Å²) in [5.41, 5.74) is 0.977. The van der Waals surface area contributed by atoms with Crippen LogP contribution in [0.15, 0.2) is 41.8 Å². The van der Waals surface area contributed by atoms with Gasteiger partial charge in [-0.25, -0.2) is 14.7 Å². The molecule has 0 saturated carbocycles. The molecule has 0 bridgehead atoms. The van der Waals surface area contributed by atoms with Gasteiger partial charge in [0.05, 0.1) is 6.54 Å². The van der Waals surface area contributed by atoms with Gasteiger partial charge < -0.3 is 10.2 Å². The summed E-state index contributed by atoms with van der Waals surface area (Å²) in [6, 6.07) is 4.21. The zero-order chi connectivity index (χ0) is 20.9. The summed E-state index contributed by atoms with van der Waals surface area (Å²) in [6.45, 7) is 6.02. The van der Waals surface area contributed by atoms with Crippen LogP contribution in [0.5, 0.6) is 0 Å². The number of aliphatic imine (C=N–C) groups is 1. The third-order valence-electron chi connectivity index (χ3n) is 4.93. The van der Waals surface area contributed by atoms with Crippen LogP contribution in [0.1, 0.15) is 19.4 Å². The molecule has 3 rings (SSSR count). The SMILES string of the molecule is CCNC(=NCc1ccnc(-n2cccn2)c1)N1CCN(C(C)C(F)(F)F)CC1.I. The summed E-state index contributed by atoms with van der Waals surface area (Å²) in [6.07, 6.45) is 1.02. The van der Waals surface area contributed by atoms with Crippen LogP contribution in [0.25, 0.3) is 5.82 Å². The zero-order valence-corrected chi connectivity index (χ0v) is 19.3. The first kappa shape index (κ1) is 24.4. The van der Waals surface area contributed by atoms with Crippen LogP contribution in [-0.4, -0.2) is 75.5 Å². The number of halogens is 4. The fourth-order valence-corrected chi connectivity index (χ4v) is 3.21. The van der Waals surface area contributed by atoms with Gasteiger partial charge in [-0.2, -0.15) is 18.3 Å². The molecule has 0 aliphatic carbocycles. The van der Waals surface area contributed by atoms with E-state index >= 15 is 0 Å². The summed E-state index contributed by atoms with van der Waals surface area (Å²) in [5.74, 6) is 1.42. The minimum atomic E-state index is -4.20. The number of rotatable bonds is 5. The van der Waals surface area contributed by atoms with E-state index < -0.39 is 12.2 Å². The normalized spacial score (nSPS) is 16.8. The fraction of sp³-hybridized carbons (Fsp3) is 0.526. The highest BCUT2D eigenvalue weighted by atomic mass is 127. The van der Waals surface area contributed by atoms with Gasteiger partial charge in [0, 0.05) is 51.3 Å². The van der Waals surface area contributed by atoms with Crippen molar-refractivity contribution in [1.82, 2.24) is 29.9 Å². The molecule has 0 aromatic carbocycles. The van der Waals surface area contributed by atoms with Crippen LogP contribution in [0, 0.1) is 0 Å². The van der Waals surface area contributed by atoms with E-state index in [9.17, 15) is 13.2 Å². The van der Waals surface area contributed by atoms with Crippen LogP contribution in [0.2, 0.25) is 0 Å². The summed E-state index contributed by atoms with van der Waals surface area (Å²) in [5, 5.41) is 7.42. The quantitative estimate of drug-likeness (QED) is 0.361. The second-order valence-corrected chi connectivity index (χ2v) is 6.88. The molecular weight excluding hydrogens is 510 g/mol. The molecule has 1 atom stereocenters. The van der Waals surface area contributed by atoms with Gasteiger partial charge in [-0.1, -0.05) is 0 Å². The lowest BCUT2D eigenvalue weighted by atomic mass is 10.2. The van der Waals surface area contributed by atoms with Gasteiger partial charge in [-0.3, -0.25) is 4.90 Å². The molecule has 0 amide bonds. The van der Waals surface area contributed by atoms with Crippen molar-refractivity contribution >= 4 is 29.9 Å². The Bertz CT molecular complexity index is 803. The number of hydrogen-bond donors (Lipinski definition) is 1. The Hall–Kier alpha value is -1.89. The minimum absolute atomic E-state index is 0. The first-order valence-corrected chi connectivity index (χ1v) is 9.67. The first-order valence-electron chi connectivity index (χ1n) is 9.67. The highest BCUT2D eigenvalue weighted by Gasteiger charge is 2.41. The number of piperazine rings is 1. The number of pyridine rings is 1. The van der Waals surface area contributed by atoms with Crippen LogP contribution in [0.4, 0.5) is 13.2 Å². The predicted molar refractivity (Wildman–Crippen MR) is 120 cm³/mol. The number of nitrogens with one attached hydrogen (secondary N) is 1. The van der Waals surface area contributed by atoms with Gasteiger partial charge in [0.2, 0.25) is 0 Å². The molecule has 7 nitrogen and oxygen atoms in total. The van der Waals surface area contributed by atoms with Crippen molar-refractivity contribution in [1.29, 1.82) is 0 Å². The van der Waals surface area contributed by atoms with Crippen molar-refractivity contribution < 1.29 is 13.2 Å². The number of aromatic nitrogens is 3. The standard InChI is InChI=1S/C19H26F3N7.HI/c1-3-23-18(28-11-9-27(10-12-28)15(2)19(20,21)22)25-14-16-5-7-24-17(13-16)29-8-4-6-26-29;/h4-8,13,15H,3,9-12,14H2,1-2H3,(H,23,25);1H. The summed E-state index contributed by atoms with van der Waals surface area (Å²) in [7, 11) is 0. The fourth-order valence-electron chi connectivity index (χ4n) is 3.21. The van der Waals surface area contributed by atoms with Crippen molar-refractivity contribution in [3.63, 3.8) is 0 Å². The molecule has 0 spiro atoms. The van der Waals surface area contributed by atoms with Gasteiger partial charge in [-0.05, 0) is 37.6 Å². The van der Waals surface area contributed by atoms with E-state index in [-0.39, 0.29) is 24.0 Å². The first-order chi connectivity index (χ1) is 13.9. The second-order valence-electron chi connectivity index (χ2n) is 6.88. The van der Waals surface area contributed by atoms with Gasteiger partial charge in [0.1, 0.15) is 6.04 Å². The highest BCUT2D eigenvalue weighted by Crippen LogP contribution is 2.25. The average molecular weight is 537 g/mol. The zero-order valence-electron chi connectivity index (χ0n) is 17.0. The lowest BCUT2D eigenvalue weighted by molar-refractivity contribution is -0.181. The molecule has 30 heavy (non-hydrogen) atoms. The van der Waals surface area contributed by atoms with Crippen molar-refractivity contribution in [3.8, 4) is 5.82 Å². The van der Waals surface area contributed by atoms with Crippen LogP contribution in [-0.2, 0) is 6.54 Å². The lowest BCUT2D eigenvalue weighted by Crippen LogP contribution is -2.56. The maximum Gasteiger partial charge on any atom is 0.403 e. The van der Waals surface area contributed by atoms with Crippen molar-refractivity contribution in [2.24, 2.45) is 4.99 Å². The van der Waals surface area contributed by atoms with Crippen LogP contribution >= 0.6 is 24.0 Å². The van der Waals surface area contributed by atoms with Crippen molar-refractivity contribution in [3.05, 3.63) is 42.4 Å². The Morgan fingerprint density at radius 3 is 2.57 bits per heavy atom. The van der Waals surface area contributed by atoms with Gasteiger partial charge in [-0.15, -0.1) is 24.0 Å². The minimum Gasteiger partial charge on any atom is -0.357 e. The molecule has 1 aliphatic rings. The van der Waals surface area contributed by atoms with E-state index in [1.165, 1.54) is 11.8 Å². The molecular formula is C19H27F3IN7. The van der Waals surface area contributed by atoms with E-state index in [0.29, 0.717) is 51.0 Å². The topological polar surface area (TPSA) is 61.6 Å². The highest BCUT2D eigenvalue weighted by molar-refractivity contribution is 14.0. The Morgan fingerprint density at radius 2 is 1.97 bits per heavy atom. The Kier molecular flexibility index (Phi) is 8.89. The summed E-state index contributed by atoms with van der Waals surface area (Å²) >= 11 is 0. The maximum atomic E-state index is 13.0. The van der Waals surface area contributed by atoms with Gasteiger partial charge in [0.25, 0.3) is 0 Å². The summed E-state index contributed by atoms with van der Waals surface area (Å²) in [4.78, 5) is 12.5. The molecule has 1 N–H and O–H groups in total. The molecule has 1 saturated heterocycles. The molecule has 1 unspecified atom stereocenters. The van der Waals surface area contributed by atoms with Crippen molar-refractivity contribution in [2.45, 2.75) is 32.6 Å². The third-order valence-corrected chi connectivity index (χ3v) is 4.93. The van der Waals surface area contributed by atoms with Crippen LogP contribution in [0.3, 0.4) is 0 Å². The molecule has 3 heterocycles. The smallest absolute Gasteiger partial charge is 0.357 e. The van der Waals surface area contributed by atoms with Gasteiger partial charge in [0.15, 0.2) is 11.8 Å². The molecule has 166 valence electrons. The molecule has 11 heteroatoms. The second kappa shape index (κ2) is 10.9. The van der Waals surface area contributed by atoms with E-state index in [0.717, 1.165) is 5.56 Å². The molecule has 2 aromatic heterocycles. The number of alkyl halides is 3. The number of nitrogens with zero attached hydrogens (tertiary/aromatic N) is 6. The molecule has 1 aliphatic heterocycles. The lowest BCUT2D eigenvalue weighted by Gasteiger charge is -2.39. The maximum absolute atomic E-state index is 13.0. The Balaban J connectivity index is 0.00000320. The van der Waals surface area contributed by atoms with Crippen molar-refractivity contribution in [2.75, 3.05) is 32.7 Å². The predicted octanol–water partition coefficient (Wildman–Crippen LogP) is 2.92. The molecule has 2 aromatic rings. The monoisotopic (exact) mass is 537 g/mol. The van der Waals surface area contributed by atoms with E-state index in [4.69, 9.17) is 0 Å². The Labute approximate surface area is 191 Å². The van der Waals surface area contributed by atoms with E-state index in [1.807, 2.05) is 36.2 Å². The van der Waals surface area contributed by atoms with Crippen LogP contribution < -0.4 is 5.32 Å². The van der Waals surface area contributed by atoms with Gasteiger partial charge >= 0.3 is 6.18 Å². The largest absolute Gasteiger partial charge is 0.403 e. The Morgan fingerprint density at radius 1 is 1.23 bits per heavy atom. The van der Waals surface area contributed by atoms with E-state index in [2.05, 4.69) is 20.4 Å². The molecule has 1 fully saturated rings.